The summed E-state index contributed by atoms with van der Waals surface area (Å²) in [5.41, 5.74) is 0.901. The van der Waals surface area contributed by atoms with Gasteiger partial charge in [0.15, 0.2) is 15.6 Å². The summed E-state index contributed by atoms with van der Waals surface area (Å²) in [5, 5.41) is 9.58. The molecule has 31 heavy (non-hydrogen) atoms. The van der Waals surface area contributed by atoms with Crippen molar-refractivity contribution in [1.82, 2.24) is 4.98 Å². The third-order valence-corrected chi connectivity index (χ3v) is 5.97. The Morgan fingerprint density at radius 3 is 2.23 bits per heavy atom. The Kier molecular flexibility index (Phi) is 8.04. The molecule has 1 aromatic carbocycles. The average molecular weight is 448 g/mol. The van der Waals surface area contributed by atoms with Crippen LogP contribution in [0, 0.1) is 5.92 Å². The summed E-state index contributed by atoms with van der Waals surface area (Å²) < 4.78 is 28.4. The van der Waals surface area contributed by atoms with Gasteiger partial charge in [-0.25, -0.2) is 8.42 Å². The number of benzene rings is 1. The van der Waals surface area contributed by atoms with Crippen LogP contribution in [0.3, 0.4) is 0 Å². The maximum absolute atomic E-state index is 13.2. The zero-order chi connectivity index (χ0) is 23.2. The van der Waals surface area contributed by atoms with E-state index in [4.69, 9.17) is 4.74 Å². The molecule has 0 aliphatic rings. The molecule has 1 N–H and O–H groups in total. The molecule has 9 heteroatoms. The number of Topliss-reactive ketones (excluding diaryl/α,β-unsaturated/α-hetero) is 1. The fourth-order valence-electron chi connectivity index (χ4n) is 2.93. The van der Waals surface area contributed by atoms with Crippen LogP contribution in [0.1, 0.15) is 37.4 Å². The molecule has 0 saturated carbocycles. The van der Waals surface area contributed by atoms with E-state index in [1.165, 1.54) is 18.3 Å². The minimum atomic E-state index is -3.38. The van der Waals surface area contributed by atoms with E-state index in [-0.39, 0.29) is 11.3 Å². The molecular weight excluding hydrogens is 422 g/mol. The number of nitrogens with zero attached hydrogens (tertiary/aromatic N) is 1. The zero-order valence-corrected chi connectivity index (χ0v) is 18.3. The number of hydrogen-bond acceptors (Lipinski definition) is 7. The largest absolute Gasteiger partial charge is 0.480 e. The monoisotopic (exact) mass is 447 g/mol. The van der Waals surface area contributed by atoms with Crippen molar-refractivity contribution in [2.24, 2.45) is 5.92 Å². The first-order chi connectivity index (χ1) is 14.5. The molecule has 8 nitrogen and oxygen atoms in total. The van der Waals surface area contributed by atoms with Gasteiger partial charge in [-0.2, -0.15) is 0 Å². The van der Waals surface area contributed by atoms with Crippen molar-refractivity contribution in [2.45, 2.75) is 43.6 Å². The molecule has 1 heterocycles. The van der Waals surface area contributed by atoms with Crippen LogP contribution in [0.25, 0.3) is 0 Å². The van der Waals surface area contributed by atoms with Crippen LogP contribution < -0.4 is 0 Å². The van der Waals surface area contributed by atoms with Crippen molar-refractivity contribution in [1.29, 1.82) is 0 Å². The van der Waals surface area contributed by atoms with Gasteiger partial charge in [0.05, 0.1) is 22.6 Å². The smallest absolute Gasteiger partial charge is 0.328 e. The highest BCUT2D eigenvalue weighted by Crippen LogP contribution is 2.26. The Morgan fingerprint density at radius 1 is 1.10 bits per heavy atom. The van der Waals surface area contributed by atoms with Gasteiger partial charge >= 0.3 is 11.9 Å². The maximum Gasteiger partial charge on any atom is 0.328 e. The second kappa shape index (κ2) is 10.3. The highest BCUT2D eigenvalue weighted by Gasteiger charge is 2.41. The number of ether oxygens (including phenoxy) is 1. The predicted molar refractivity (Wildman–Crippen MR) is 112 cm³/mol. The molecule has 0 aliphatic carbocycles. The summed E-state index contributed by atoms with van der Waals surface area (Å²) in [6.07, 6.45) is 2.54. The first-order valence-electron chi connectivity index (χ1n) is 9.71. The number of carbonyl (C=O) groups excluding carboxylic acids is 2. The van der Waals surface area contributed by atoms with E-state index in [0.717, 1.165) is 6.26 Å². The van der Waals surface area contributed by atoms with Crippen LogP contribution in [0.4, 0.5) is 0 Å². The fourth-order valence-corrected chi connectivity index (χ4v) is 3.56. The number of ketones is 1. The number of pyridine rings is 1. The molecule has 1 aromatic heterocycles. The quantitative estimate of drug-likeness (QED) is 0.434. The van der Waals surface area contributed by atoms with E-state index in [1.807, 2.05) is 0 Å². The van der Waals surface area contributed by atoms with Gasteiger partial charge < -0.3 is 9.84 Å². The van der Waals surface area contributed by atoms with E-state index >= 15 is 0 Å². The Balaban J connectivity index is 2.40. The van der Waals surface area contributed by atoms with E-state index in [0.29, 0.717) is 17.7 Å². The van der Waals surface area contributed by atoms with Gasteiger partial charge in [-0.15, -0.1) is 0 Å². The normalized spacial score (nSPS) is 14.3. The molecule has 166 valence electrons. The van der Waals surface area contributed by atoms with Gasteiger partial charge in [-0.05, 0) is 49.6 Å². The highest BCUT2D eigenvalue weighted by atomic mass is 32.2. The van der Waals surface area contributed by atoms with Gasteiger partial charge in [0.1, 0.15) is 0 Å². The van der Waals surface area contributed by atoms with Gasteiger partial charge in [0, 0.05) is 12.5 Å². The molecule has 3 unspecified atom stereocenters. The summed E-state index contributed by atoms with van der Waals surface area (Å²) in [4.78, 5) is 41.7. The topological polar surface area (TPSA) is 128 Å². The first kappa shape index (κ1) is 24.2. The lowest BCUT2D eigenvalue weighted by Gasteiger charge is -2.20. The molecule has 0 spiro atoms. The summed E-state index contributed by atoms with van der Waals surface area (Å²) >= 11 is 0. The number of aliphatic carboxylic acids is 1. The molecule has 0 radical (unpaired) electrons. The van der Waals surface area contributed by atoms with Crippen molar-refractivity contribution < 1.29 is 32.6 Å². The van der Waals surface area contributed by atoms with Gasteiger partial charge in [-0.3, -0.25) is 19.4 Å². The van der Waals surface area contributed by atoms with Crippen LogP contribution in [-0.4, -0.2) is 48.6 Å². The number of carbonyl (C=O) groups is 3. The van der Waals surface area contributed by atoms with Crippen LogP contribution in [0.5, 0.6) is 0 Å². The molecule has 0 aliphatic heterocycles. The van der Waals surface area contributed by atoms with Crippen LogP contribution in [0.2, 0.25) is 0 Å². The van der Waals surface area contributed by atoms with Gasteiger partial charge in [0.25, 0.3) is 0 Å². The lowest BCUT2D eigenvalue weighted by Crippen LogP contribution is -2.38. The van der Waals surface area contributed by atoms with Crippen molar-refractivity contribution in [2.75, 3.05) is 6.26 Å². The van der Waals surface area contributed by atoms with Crippen molar-refractivity contribution in [3.05, 3.63) is 59.9 Å². The Labute approximate surface area is 181 Å². The second-order valence-electron chi connectivity index (χ2n) is 7.26. The summed E-state index contributed by atoms with van der Waals surface area (Å²) in [6, 6.07) is 10.8. The summed E-state index contributed by atoms with van der Waals surface area (Å²) in [5.74, 6) is -6.56. The predicted octanol–water partition coefficient (Wildman–Crippen LogP) is 2.42. The molecule has 0 bridgehead atoms. The van der Waals surface area contributed by atoms with Gasteiger partial charge in [-0.1, -0.05) is 25.1 Å². The SMILES string of the molecule is CCC(C)OC(=O)C(C(=O)O)C(=O)C(Cc1ccc(S(C)(=O)=O)cc1)c1ccccn1. The number of carboxylic acids is 1. The number of carboxylic acid groups (broad SMARTS) is 1. The van der Waals surface area contributed by atoms with Crippen LogP contribution >= 0.6 is 0 Å². The Morgan fingerprint density at radius 2 is 1.74 bits per heavy atom. The highest BCUT2D eigenvalue weighted by molar-refractivity contribution is 7.90. The molecule has 0 fully saturated rings. The summed E-state index contributed by atoms with van der Waals surface area (Å²) in [6.45, 7) is 3.38. The Hall–Kier alpha value is -3.07. The van der Waals surface area contributed by atoms with Gasteiger partial charge in [0.2, 0.25) is 5.92 Å². The lowest BCUT2D eigenvalue weighted by atomic mass is 9.85. The fraction of sp³-hybridized carbons (Fsp3) is 0.364. The van der Waals surface area contributed by atoms with Crippen molar-refractivity contribution >= 4 is 27.6 Å². The van der Waals surface area contributed by atoms with E-state index in [9.17, 15) is 27.9 Å². The Bertz CT molecular complexity index is 1030. The minimum absolute atomic E-state index is 0.0419. The lowest BCUT2D eigenvalue weighted by molar-refractivity contribution is -0.164. The van der Waals surface area contributed by atoms with Crippen molar-refractivity contribution in [3.8, 4) is 0 Å². The van der Waals surface area contributed by atoms with Crippen LogP contribution in [0.15, 0.2) is 53.6 Å². The molecular formula is C22H25NO7S. The van der Waals surface area contributed by atoms with E-state index in [2.05, 4.69) is 4.98 Å². The first-order valence-corrected chi connectivity index (χ1v) is 11.6. The molecule has 2 rings (SSSR count). The maximum atomic E-state index is 13.2. The number of sulfone groups is 1. The third kappa shape index (κ3) is 6.45. The molecule has 0 amide bonds. The zero-order valence-electron chi connectivity index (χ0n) is 17.5. The minimum Gasteiger partial charge on any atom is -0.480 e. The van der Waals surface area contributed by atoms with Crippen molar-refractivity contribution in [3.63, 3.8) is 0 Å². The third-order valence-electron chi connectivity index (χ3n) is 4.84. The standard InChI is InChI=1S/C22H25NO7S/c1-4-14(2)30-22(27)19(21(25)26)20(24)17(18-7-5-6-12-23-18)13-15-8-10-16(11-9-15)31(3,28)29/h5-12,14,17,19H,4,13H2,1-3H3,(H,25,26). The molecule has 3 atom stereocenters. The van der Waals surface area contributed by atoms with E-state index < -0.39 is 45.5 Å². The number of aromatic nitrogens is 1. The average Bonchev–Trinajstić information content (AvgIpc) is 2.71. The number of hydrogen-bond donors (Lipinski definition) is 1. The second-order valence-corrected chi connectivity index (χ2v) is 9.27. The summed E-state index contributed by atoms with van der Waals surface area (Å²) in [7, 11) is -3.38. The number of esters is 1. The van der Waals surface area contributed by atoms with E-state index in [1.54, 1.807) is 44.2 Å². The molecule has 0 saturated heterocycles. The molecule has 2 aromatic rings. The number of rotatable bonds is 10. The van der Waals surface area contributed by atoms with Crippen LogP contribution in [-0.2, 0) is 35.4 Å².